The highest BCUT2D eigenvalue weighted by atomic mass is 35.5. The summed E-state index contributed by atoms with van der Waals surface area (Å²) >= 11 is 5.98. The lowest BCUT2D eigenvalue weighted by molar-refractivity contribution is 0.128. The van der Waals surface area contributed by atoms with Crippen LogP contribution in [0.25, 0.3) is 10.9 Å². The van der Waals surface area contributed by atoms with E-state index in [1.165, 1.54) is 0 Å². The van der Waals surface area contributed by atoms with Crippen LogP contribution in [0.15, 0.2) is 12.1 Å². The maximum Gasteiger partial charge on any atom is 0.157 e. The molecule has 1 aromatic heterocycles. The second-order valence-corrected chi connectivity index (χ2v) is 4.22. The van der Waals surface area contributed by atoms with Crippen molar-refractivity contribution >= 4 is 28.3 Å². The highest BCUT2D eigenvalue weighted by Gasteiger charge is 2.08. The van der Waals surface area contributed by atoms with E-state index in [4.69, 9.17) is 22.1 Å². The molecule has 0 aliphatic rings. The molecule has 0 bridgehead atoms. The fraction of sp³-hybridized carbons (Fsp3) is 0.333. The second-order valence-electron chi connectivity index (χ2n) is 3.78. The summed E-state index contributed by atoms with van der Waals surface area (Å²) in [7, 11) is 0. The van der Waals surface area contributed by atoms with Crippen LogP contribution in [0.1, 0.15) is 18.3 Å². The number of hydrogen-bond donors (Lipinski definition) is 1. The second kappa shape index (κ2) is 4.85. The van der Waals surface area contributed by atoms with E-state index in [9.17, 15) is 0 Å². The Morgan fingerprint density at radius 2 is 2.12 bits per heavy atom. The minimum absolute atomic E-state index is 0.374. The first-order valence-corrected chi connectivity index (χ1v) is 5.79. The SMILES string of the molecule is CCOCc1nc(N)c2cc(Cl)cc(C)c2n1. The normalized spacial score (nSPS) is 11.0. The zero-order valence-corrected chi connectivity index (χ0v) is 10.6. The van der Waals surface area contributed by atoms with Crippen molar-refractivity contribution in [3.63, 3.8) is 0 Å². The van der Waals surface area contributed by atoms with Crippen molar-refractivity contribution in [1.29, 1.82) is 0 Å². The third-order valence-corrected chi connectivity index (χ3v) is 2.69. The number of rotatable bonds is 3. The number of hydrogen-bond acceptors (Lipinski definition) is 4. The number of halogens is 1. The van der Waals surface area contributed by atoms with Crippen LogP contribution >= 0.6 is 11.6 Å². The molecule has 90 valence electrons. The van der Waals surface area contributed by atoms with E-state index < -0.39 is 0 Å². The van der Waals surface area contributed by atoms with E-state index in [0.29, 0.717) is 29.9 Å². The standard InChI is InChI=1S/C12H14ClN3O/c1-3-17-6-10-15-11-7(2)4-8(13)5-9(11)12(14)16-10/h4-5H,3,6H2,1-2H3,(H2,14,15,16). The van der Waals surface area contributed by atoms with E-state index in [0.717, 1.165) is 16.5 Å². The molecule has 2 rings (SSSR count). The van der Waals surface area contributed by atoms with E-state index in [2.05, 4.69) is 9.97 Å². The van der Waals surface area contributed by atoms with Crippen molar-refractivity contribution in [2.24, 2.45) is 0 Å². The lowest BCUT2D eigenvalue weighted by Crippen LogP contribution is -2.04. The maximum absolute atomic E-state index is 5.98. The average molecular weight is 252 g/mol. The molecule has 5 heteroatoms. The number of fused-ring (bicyclic) bond motifs is 1. The van der Waals surface area contributed by atoms with Crippen molar-refractivity contribution in [3.8, 4) is 0 Å². The highest BCUT2D eigenvalue weighted by molar-refractivity contribution is 6.31. The van der Waals surface area contributed by atoms with Gasteiger partial charge in [-0.15, -0.1) is 0 Å². The van der Waals surface area contributed by atoms with Gasteiger partial charge >= 0.3 is 0 Å². The molecule has 0 unspecified atom stereocenters. The molecule has 0 amide bonds. The molecule has 4 nitrogen and oxygen atoms in total. The summed E-state index contributed by atoms with van der Waals surface area (Å²) in [4.78, 5) is 8.64. The monoisotopic (exact) mass is 251 g/mol. The Bertz CT molecular complexity index is 557. The predicted octanol–water partition coefficient (Wildman–Crippen LogP) is 2.71. The minimum Gasteiger partial charge on any atom is -0.383 e. The van der Waals surface area contributed by atoms with Gasteiger partial charge in [-0.1, -0.05) is 11.6 Å². The Labute approximate surface area is 105 Å². The van der Waals surface area contributed by atoms with Gasteiger partial charge in [-0.2, -0.15) is 0 Å². The fourth-order valence-electron chi connectivity index (χ4n) is 1.69. The van der Waals surface area contributed by atoms with Gasteiger partial charge in [0, 0.05) is 17.0 Å². The molecule has 17 heavy (non-hydrogen) atoms. The van der Waals surface area contributed by atoms with Gasteiger partial charge in [0.05, 0.1) is 5.52 Å². The van der Waals surface area contributed by atoms with Gasteiger partial charge < -0.3 is 10.5 Å². The first-order chi connectivity index (χ1) is 8.11. The molecule has 0 aliphatic heterocycles. The van der Waals surface area contributed by atoms with E-state index in [-0.39, 0.29) is 0 Å². The van der Waals surface area contributed by atoms with Gasteiger partial charge in [-0.25, -0.2) is 9.97 Å². The Morgan fingerprint density at radius 1 is 1.35 bits per heavy atom. The molecular weight excluding hydrogens is 238 g/mol. The van der Waals surface area contributed by atoms with Crippen LogP contribution in [0, 0.1) is 6.92 Å². The largest absolute Gasteiger partial charge is 0.383 e. The fourth-order valence-corrected chi connectivity index (χ4v) is 1.96. The average Bonchev–Trinajstić information content (AvgIpc) is 2.28. The lowest BCUT2D eigenvalue weighted by atomic mass is 10.1. The first kappa shape index (κ1) is 12.1. The topological polar surface area (TPSA) is 61.0 Å². The van der Waals surface area contributed by atoms with Gasteiger partial charge in [0.2, 0.25) is 0 Å². The van der Waals surface area contributed by atoms with E-state index >= 15 is 0 Å². The molecule has 0 saturated heterocycles. The zero-order chi connectivity index (χ0) is 12.4. The first-order valence-electron chi connectivity index (χ1n) is 5.41. The Morgan fingerprint density at radius 3 is 2.82 bits per heavy atom. The van der Waals surface area contributed by atoms with E-state index in [1.54, 1.807) is 6.07 Å². The number of nitrogens with two attached hydrogens (primary N) is 1. The Kier molecular flexibility index (Phi) is 3.45. The van der Waals surface area contributed by atoms with Crippen LogP contribution in [0.5, 0.6) is 0 Å². The van der Waals surface area contributed by atoms with Gasteiger partial charge in [0.25, 0.3) is 0 Å². The number of benzene rings is 1. The number of aryl methyl sites for hydroxylation is 1. The smallest absolute Gasteiger partial charge is 0.157 e. The molecule has 0 aliphatic carbocycles. The quantitative estimate of drug-likeness (QED) is 0.911. The maximum atomic E-state index is 5.98. The van der Waals surface area contributed by atoms with Gasteiger partial charge in [0.15, 0.2) is 5.82 Å². The molecule has 0 atom stereocenters. The van der Waals surface area contributed by atoms with Crippen LogP contribution in [-0.2, 0) is 11.3 Å². The van der Waals surface area contributed by atoms with Crippen molar-refractivity contribution in [1.82, 2.24) is 9.97 Å². The zero-order valence-electron chi connectivity index (χ0n) is 9.83. The van der Waals surface area contributed by atoms with Crippen molar-refractivity contribution in [2.75, 3.05) is 12.3 Å². The van der Waals surface area contributed by atoms with Crippen LogP contribution < -0.4 is 5.73 Å². The molecule has 2 aromatic rings. The lowest BCUT2D eigenvalue weighted by Gasteiger charge is -2.08. The van der Waals surface area contributed by atoms with Crippen molar-refractivity contribution in [3.05, 3.63) is 28.5 Å². The predicted molar refractivity (Wildman–Crippen MR) is 69.0 cm³/mol. The third-order valence-electron chi connectivity index (χ3n) is 2.47. The summed E-state index contributed by atoms with van der Waals surface area (Å²) in [5.41, 5.74) is 7.72. The number of aromatic nitrogens is 2. The Balaban J connectivity index is 2.56. The van der Waals surface area contributed by atoms with Crippen LogP contribution in [-0.4, -0.2) is 16.6 Å². The molecule has 1 aromatic carbocycles. The summed E-state index contributed by atoms with van der Waals surface area (Å²) in [6.07, 6.45) is 0. The van der Waals surface area contributed by atoms with Crippen LogP contribution in [0.4, 0.5) is 5.82 Å². The van der Waals surface area contributed by atoms with Gasteiger partial charge in [0.1, 0.15) is 12.4 Å². The molecule has 2 N–H and O–H groups in total. The molecular formula is C12H14ClN3O. The molecule has 0 radical (unpaired) electrons. The molecule has 0 fully saturated rings. The summed E-state index contributed by atoms with van der Waals surface area (Å²) in [6, 6.07) is 3.64. The third kappa shape index (κ3) is 2.48. The number of ether oxygens (including phenoxy) is 1. The molecule has 0 spiro atoms. The number of nitrogens with zero attached hydrogens (tertiary/aromatic N) is 2. The van der Waals surface area contributed by atoms with Crippen molar-refractivity contribution in [2.45, 2.75) is 20.5 Å². The minimum atomic E-state index is 0.374. The number of anilines is 1. The van der Waals surface area contributed by atoms with Gasteiger partial charge in [-0.05, 0) is 31.5 Å². The van der Waals surface area contributed by atoms with Crippen molar-refractivity contribution < 1.29 is 4.74 Å². The van der Waals surface area contributed by atoms with Gasteiger partial charge in [-0.3, -0.25) is 0 Å². The Hall–Kier alpha value is -1.39. The summed E-state index contributed by atoms with van der Waals surface area (Å²) in [6.45, 7) is 4.88. The summed E-state index contributed by atoms with van der Waals surface area (Å²) in [5, 5.41) is 1.43. The highest BCUT2D eigenvalue weighted by Crippen LogP contribution is 2.25. The summed E-state index contributed by atoms with van der Waals surface area (Å²) < 4.78 is 5.28. The molecule has 1 heterocycles. The van der Waals surface area contributed by atoms with E-state index in [1.807, 2.05) is 19.9 Å². The van der Waals surface area contributed by atoms with Crippen LogP contribution in [0.3, 0.4) is 0 Å². The molecule has 0 saturated carbocycles. The number of nitrogen functional groups attached to an aromatic ring is 1. The van der Waals surface area contributed by atoms with Crippen LogP contribution in [0.2, 0.25) is 5.02 Å². The summed E-state index contributed by atoms with van der Waals surface area (Å²) in [5.74, 6) is 1.04.